The first-order chi connectivity index (χ1) is 3.30. The van der Waals surface area contributed by atoms with Gasteiger partial charge in [0.1, 0.15) is 0 Å². The molecule has 11 heavy (non-hydrogen) atoms. The van der Waals surface area contributed by atoms with Crippen LogP contribution in [0.2, 0.25) is 0 Å². The van der Waals surface area contributed by atoms with Gasteiger partial charge in [0.25, 0.3) is 0 Å². The van der Waals surface area contributed by atoms with E-state index in [2.05, 4.69) is 26.0 Å². The Morgan fingerprint density at radius 1 is 1.18 bits per heavy atom. The number of hydrogen-bond acceptors (Lipinski definition) is 0. The van der Waals surface area contributed by atoms with Gasteiger partial charge in [-0.2, -0.15) is 6.08 Å². The molecule has 0 aromatic carbocycles. The third kappa shape index (κ3) is 6.75. The van der Waals surface area contributed by atoms with Crippen LogP contribution < -0.4 is 0 Å². The maximum atomic E-state index is 3.19. The predicted octanol–water partition coefficient (Wildman–Crippen LogP) is 3.43. The number of rotatable bonds is 0. The van der Waals surface area contributed by atoms with Gasteiger partial charge in [0, 0.05) is 0 Å². The molecule has 0 aliphatic heterocycles. The second-order valence-corrected chi connectivity index (χ2v) is 1.89. The van der Waals surface area contributed by atoms with Gasteiger partial charge < -0.3 is 22.3 Å². The minimum Gasteiger partial charge on any atom is -0.358 e. The van der Waals surface area contributed by atoms with Crippen LogP contribution in [-0.2, 0) is 26.2 Å². The van der Waals surface area contributed by atoms with Crippen molar-refractivity contribution in [2.75, 3.05) is 0 Å². The molecule has 1 aliphatic carbocycles. The summed E-state index contributed by atoms with van der Waals surface area (Å²) in [4.78, 5) is 0. The molecule has 0 aromatic heterocycles. The van der Waals surface area contributed by atoms with E-state index in [4.69, 9.17) is 0 Å². The first-order valence-electron chi connectivity index (χ1n) is 2.55. The van der Waals surface area contributed by atoms with Crippen LogP contribution in [-0.4, -0.2) is 0 Å². The Morgan fingerprint density at radius 2 is 1.64 bits per heavy atom. The van der Waals surface area contributed by atoms with Crippen molar-refractivity contribution in [2.45, 2.75) is 20.3 Å². The van der Waals surface area contributed by atoms with E-state index < -0.39 is 0 Å². The molecule has 0 amide bonds. The van der Waals surface area contributed by atoms with E-state index in [9.17, 15) is 0 Å². The molecular weight excluding hydrogens is 211 g/mol. The van der Waals surface area contributed by atoms with Gasteiger partial charge in [0.15, 0.2) is 0 Å². The van der Waals surface area contributed by atoms with Crippen molar-refractivity contribution in [2.24, 2.45) is 0 Å². The van der Waals surface area contributed by atoms with E-state index >= 15 is 0 Å². The van der Waals surface area contributed by atoms with E-state index in [-0.39, 0.29) is 48.5 Å². The smallest absolute Gasteiger partial charge is 0.358 e. The monoisotopic (exact) mass is 228 g/mol. The van der Waals surface area contributed by atoms with Crippen molar-refractivity contribution in [3.8, 4) is 0 Å². The van der Waals surface area contributed by atoms with Crippen LogP contribution in [0.25, 0.3) is 0 Å². The average molecular weight is 229 g/mol. The van der Waals surface area contributed by atoms with Gasteiger partial charge in [0.2, 0.25) is 0 Å². The molecule has 0 atom stereocenters. The maximum Gasteiger partial charge on any atom is 4.00 e. The minimum atomic E-state index is 0. The van der Waals surface area contributed by atoms with Crippen molar-refractivity contribution < 1.29 is 26.2 Å². The van der Waals surface area contributed by atoms with Crippen LogP contribution in [0.4, 0.5) is 0 Å². The van der Waals surface area contributed by atoms with Gasteiger partial charge in [-0.05, 0) is 0 Å². The molecule has 0 nitrogen and oxygen atoms in total. The van der Waals surface area contributed by atoms with Crippen molar-refractivity contribution >= 4 is 0 Å². The van der Waals surface area contributed by atoms with Crippen LogP contribution in [0, 0.1) is 28.4 Å². The van der Waals surface area contributed by atoms with E-state index in [0.29, 0.717) is 0 Å². The first kappa shape index (κ1) is 22.5. The summed E-state index contributed by atoms with van der Waals surface area (Å²) in [5.74, 6) is 0. The molecule has 1 rings (SSSR count). The van der Waals surface area contributed by atoms with Crippen LogP contribution in [0.1, 0.15) is 20.3 Å². The van der Waals surface area contributed by atoms with Gasteiger partial charge >= 0.3 is 26.2 Å². The zero-order valence-electron chi connectivity index (χ0n) is 8.28. The molecule has 1 heteroatoms. The summed E-state index contributed by atoms with van der Waals surface area (Å²) < 4.78 is 0. The topological polar surface area (TPSA) is 0 Å². The molecule has 0 spiro atoms. The molecule has 62 valence electrons. The number of allylic oxidation sites excluding steroid dienone is 4. The summed E-state index contributed by atoms with van der Waals surface area (Å²) in [5.41, 5.74) is 2.71. The fourth-order valence-electron chi connectivity index (χ4n) is 0.650. The Kier molecular flexibility index (Phi) is 21.2. The second kappa shape index (κ2) is 10.4. The summed E-state index contributed by atoms with van der Waals surface area (Å²) in [6, 6.07) is 0. The van der Waals surface area contributed by atoms with E-state index in [1.165, 1.54) is 11.1 Å². The van der Waals surface area contributed by atoms with Crippen molar-refractivity contribution in [1.29, 1.82) is 0 Å². The maximum absolute atomic E-state index is 3.19. The quantitative estimate of drug-likeness (QED) is 0.558. The van der Waals surface area contributed by atoms with E-state index in [1.807, 2.05) is 0 Å². The molecule has 0 bridgehead atoms. The summed E-state index contributed by atoms with van der Waals surface area (Å²) in [7, 11) is 0. The largest absolute Gasteiger partial charge is 4.00 e. The molecular formula is C10H18Zr. The Balaban J connectivity index is -0.0000000612. The van der Waals surface area contributed by atoms with Crippen LogP contribution in [0.3, 0.4) is 0 Å². The standard InChI is InChI=1S/C7H9.3CH3.Zr/c1-6-4-3-5-7(6)2;;;;/h4H,3H2,1-2H3;3*1H3;/q4*-1;+4. The zero-order valence-corrected chi connectivity index (χ0v) is 10.7. The third-order valence-electron chi connectivity index (χ3n) is 1.37. The summed E-state index contributed by atoms with van der Waals surface area (Å²) in [5, 5.41) is 0. The molecule has 0 unspecified atom stereocenters. The Bertz CT molecular complexity index is 116. The van der Waals surface area contributed by atoms with Crippen LogP contribution >= 0.6 is 0 Å². The normalized spacial score (nSPS) is 12.2. The second-order valence-electron chi connectivity index (χ2n) is 1.89. The Labute approximate surface area is 91.9 Å². The predicted molar refractivity (Wildman–Crippen MR) is 50.0 cm³/mol. The molecule has 0 saturated heterocycles. The number of hydrogen-bond donors (Lipinski definition) is 0. The van der Waals surface area contributed by atoms with Crippen LogP contribution in [0.5, 0.6) is 0 Å². The van der Waals surface area contributed by atoms with Gasteiger partial charge in [-0.25, -0.2) is 11.1 Å². The fourth-order valence-corrected chi connectivity index (χ4v) is 0.650. The summed E-state index contributed by atoms with van der Waals surface area (Å²) >= 11 is 0. The Hall–Kier alpha value is 0.363. The third-order valence-corrected chi connectivity index (χ3v) is 1.37. The minimum absolute atomic E-state index is 0. The molecule has 0 aromatic rings. The Morgan fingerprint density at radius 3 is 1.73 bits per heavy atom. The van der Waals surface area contributed by atoms with Gasteiger partial charge in [0.05, 0.1) is 0 Å². The van der Waals surface area contributed by atoms with Crippen molar-refractivity contribution in [3.63, 3.8) is 0 Å². The van der Waals surface area contributed by atoms with Crippen molar-refractivity contribution in [3.05, 3.63) is 45.6 Å². The fraction of sp³-hybridized carbons (Fsp3) is 0.300. The molecule has 0 N–H and O–H groups in total. The molecule has 0 saturated carbocycles. The van der Waals surface area contributed by atoms with Crippen LogP contribution in [0.15, 0.2) is 17.2 Å². The SMILES string of the molecule is CC1=[C-]CC=C1C.[CH3-].[CH3-].[CH3-].[Zr+4]. The summed E-state index contributed by atoms with van der Waals surface area (Å²) in [6.07, 6.45) is 6.41. The average Bonchev–Trinajstić information content (AvgIpc) is 1.91. The van der Waals surface area contributed by atoms with Gasteiger partial charge in [-0.3, -0.25) is 6.08 Å². The van der Waals surface area contributed by atoms with Crippen molar-refractivity contribution in [1.82, 2.24) is 0 Å². The molecule has 0 fully saturated rings. The first-order valence-corrected chi connectivity index (χ1v) is 2.55. The molecule has 0 heterocycles. The molecule has 1 aliphatic rings. The van der Waals surface area contributed by atoms with E-state index in [0.717, 1.165) is 6.42 Å². The zero-order chi connectivity index (χ0) is 5.28. The van der Waals surface area contributed by atoms with Gasteiger partial charge in [-0.15, -0.1) is 13.3 Å². The summed E-state index contributed by atoms with van der Waals surface area (Å²) in [6.45, 7) is 4.22. The van der Waals surface area contributed by atoms with Gasteiger partial charge in [-0.1, -0.05) is 6.92 Å². The van der Waals surface area contributed by atoms with E-state index in [1.54, 1.807) is 0 Å². The molecule has 0 radical (unpaired) electrons.